The Hall–Kier alpha value is -1.40. The van der Waals surface area contributed by atoms with Crippen molar-refractivity contribution in [1.29, 1.82) is 0 Å². The number of esters is 1. The number of carbonyl (C=O) groups is 1. The fourth-order valence-electron chi connectivity index (χ4n) is 2.57. The van der Waals surface area contributed by atoms with Crippen molar-refractivity contribution in [1.82, 2.24) is 4.72 Å². The van der Waals surface area contributed by atoms with Gasteiger partial charge in [0.05, 0.1) is 40.9 Å². The second-order valence-electron chi connectivity index (χ2n) is 6.64. The molecule has 5 nitrogen and oxygen atoms in total. The standard InChI is InChI=1S/C17H25NO4S/c1-5-21-15(19)12-17(18-23(20)16(2,3)4)10-11-22-14-9-7-6-8-13(14)17/h6-9,18H,5,10-12H2,1-4H3. The van der Waals surface area contributed by atoms with E-state index in [1.165, 1.54) is 0 Å². The van der Waals surface area contributed by atoms with E-state index in [0.29, 0.717) is 19.6 Å². The van der Waals surface area contributed by atoms with E-state index in [1.807, 2.05) is 45.0 Å². The van der Waals surface area contributed by atoms with Crippen molar-refractivity contribution in [2.45, 2.75) is 50.8 Å². The molecule has 1 aliphatic rings. The highest BCUT2D eigenvalue weighted by molar-refractivity contribution is 7.84. The van der Waals surface area contributed by atoms with Crippen LogP contribution in [-0.4, -0.2) is 28.1 Å². The van der Waals surface area contributed by atoms with Crippen LogP contribution in [0.3, 0.4) is 0 Å². The van der Waals surface area contributed by atoms with Crippen LogP contribution in [0.25, 0.3) is 0 Å². The Morgan fingerprint density at radius 1 is 1.39 bits per heavy atom. The summed E-state index contributed by atoms with van der Waals surface area (Å²) < 4.78 is 26.3. The number of para-hydroxylation sites is 1. The number of ether oxygens (including phenoxy) is 2. The van der Waals surface area contributed by atoms with Crippen LogP contribution in [0.4, 0.5) is 0 Å². The van der Waals surface area contributed by atoms with Crippen LogP contribution >= 0.6 is 0 Å². The normalized spacial score (nSPS) is 21.9. The summed E-state index contributed by atoms with van der Waals surface area (Å²) >= 11 is 0. The van der Waals surface area contributed by atoms with Gasteiger partial charge >= 0.3 is 5.97 Å². The van der Waals surface area contributed by atoms with Crippen molar-refractivity contribution in [3.8, 4) is 5.75 Å². The first-order valence-electron chi connectivity index (χ1n) is 7.86. The largest absolute Gasteiger partial charge is 0.493 e. The molecule has 0 fully saturated rings. The third kappa shape index (κ3) is 4.12. The topological polar surface area (TPSA) is 64.6 Å². The van der Waals surface area contributed by atoms with Gasteiger partial charge in [-0.2, -0.15) is 0 Å². The van der Waals surface area contributed by atoms with Crippen LogP contribution in [0, 0.1) is 0 Å². The van der Waals surface area contributed by atoms with Crippen molar-refractivity contribution in [2.24, 2.45) is 0 Å². The first kappa shape index (κ1) is 17.9. The molecule has 1 N–H and O–H groups in total. The summed E-state index contributed by atoms with van der Waals surface area (Å²) in [5, 5.41) is 0. The summed E-state index contributed by atoms with van der Waals surface area (Å²) in [5.41, 5.74) is 0.121. The van der Waals surface area contributed by atoms with E-state index in [-0.39, 0.29) is 12.4 Å². The average molecular weight is 339 g/mol. The highest BCUT2D eigenvalue weighted by atomic mass is 32.2. The Morgan fingerprint density at radius 2 is 2.09 bits per heavy atom. The lowest BCUT2D eigenvalue weighted by Crippen LogP contribution is -2.51. The molecular formula is C17H25NO4S. The molecule has 1 aromatic rings. The van der Waals surface area contributed by atoms with E-state index in [9.17, 15) is 9.00 Å². The van der Waals surface area contributed by atoms with Crippen molar-refractivity contribution < 1.29 is 18.5 Å². The Bertz CT molecular complexity index is 597. The van der Waals surface area contributed by atoms with Gasteiger partial charge in [-0.25, -0.2) is 8.93 Å². The number of hydrogen-bond acceptors (Lipinski definition) is 4. The van der Waals surface area contributed by atoms with E-state index in [2.05, 4.69) is 4.72 Å². The zero-order valence-electron chi connectivity index (χ0n) is 14.2. The van der Waals surface area contributed by atoms with E-state index < -0.39 is 21.3 Å². The molecule has 2 unspecified atom stereocenters. The van der Waals surface area contributed by atoms with Gasteiger partial charge < -0.3 is 9.47 Å². The predicted molar refractivity (Wildman–Crippen MR) is 90.5 cm³/mol. The SMILES string of the molecule is CCOC(=O)CC1(NS(=O)C(C)(C)C)CCOc2ccccc21. The fourth-order valence-corrected chi connectivity index (χ4v) is 3.52. The zero-order valence-corrected chi connectivity index (χ0v) is 15.0. The van der Waals surface area contributed by atoms with Crippen molar-refractivity contribution in [3.05, 3.63) is 29.8 Å². The first-order valence-corrected chi connectivity index (χ1v) is 9.01. The van der Waals surface area contributed by atoms with Crippen molar-refractivity contribution in [3.63, 3.8) is 0 Å². The van der Waals surface area contributed by atoms with Gasteiger partial charge in [0.15, 0.2) is 0 Å². The Balaban J connectivity index is 2.41. The maximum atomic E-state index is 12.7. The summed E-state index contributed by atoms with van der Waals surface area (Å²) in [6.45, 7) is 8.28. The van der Waals surface area contributed by atoms with Gasteiger partial charge in [0, 0.05) is 12.0 Å². The first-order chi connectivity index (χ1) is 10.8. The molecule has 23 heavy (non-hydrogen) atoms. The molecule has 1 aromatic carbocycles. The lowest BCUT2D eigenvalue weighted by Gasteiger charge is -2.40. The van der Waals surface area contributed by atoms with Gasteiger partial charge in [0.25, 0.3) is 0 Å². The molecule has 0 amide bonds. The molecule has 0 spiro atoms. The van der Waals surface area contributed by atoms with Gasteiger partial charge in [-0.15, -0.1) is 0 Å². The molecule has 0 bridgehead atoms. The predicted octanol–water partition coefficient (Wildman–Crippen LogP) is 2.67. The molecule has 1 heterocycles. The van der Waals surface area contributed by atoms with Gasteiger partial charge in [-0.05, 0) is 33.8 Å². The lowest BCUT2D eigenvalue weighted by molar-refractivity contribution is -0.145. The van der Waals surface area contributed by atoms with E-state index in [0.717, 1.165) is 11.3 Å². The van der Waals surface area contributed by atoms with Crippen molar-refractivity contribution >= 4 is 17.0 Å². The highest BCUT2D eigenvalue weighted by Crippen LogP contribution is 2.40. The molecule has 128 valence electrons. The molecule has 0 aromatic heterocycles. The van der Waals surface area contributed by atoms with E-state index in [1.54, 1.807) is 6.92 Å². The minimum absolute atomic E-state index is 0.128. The number of benzene rings is 1. The number of carbonyl (C=O) groups excluding carboxylic acids is 1. The minimum atomic E-state index is -1.32. The Morgan fingerprint density at radius 3 is 2.74 bits per heavy atom. The number of fused-ring (bicyclic) bond motifs is 1. The maximum absolute atomic E-state index is 12.7. The highest BCUT2D eigenvalue weighted by Gasteiger charge is 2.42. The number of hydrogen-bond donors (Lipinski definition) is 1. The Kier molecular flexibility index (Phi) is 5.47. The molecule has 6 heteroatoms. The van der Waals surface area contributed by atoms with Crippen LogP contribution < -0.4 is 9.46 Å². The quantitative estimate of drug-likeness (QED) is 0.838. The maximum Gasteiger partial charge on any atom is 0.308 e. The second-order valence-corrected chi connectivity index (χ2v) is 8.61. The third-order valence-corrected chi connectivity index (χ3v) is 5.47. The van der Waals surface area contributed by atoms with E-state index in [4.69, 9.17) is 9.47 Å². The van der Waals surface area contributed by atoms with Gasteiger partial charge in [0.2, 0.25) is 0 Å². The summed E-state index contributed by atoms with van der Waals surface area (Å²) in [6.07, 6.45) is 0.688. The smallest absolute Gasteiger partial charge is 0.308 e. The van der Waals surface area contributed by atoms with Crippen LogP contribution in [0.2, 0.25) is 0 Å². The summed E-state index contributed by atoms with van der Waals surface area (Å²) in [4.78, 5) is 12.2. The molecule has 0 saturated carbocycles. The molecule has 1 aliphatic heterocycles. The summed E-state index contributed by atoms with van der Waals surface area (Å²) in [5.74, 6) is 0.420. The van der Waals surface area contributed by atoms with Gasteiger partial charge in [-0.3, -0.25) is 4.79 Å². The zero-order chi connectivity index (χ0) is 17.1. The van der Waals surface area contributed by atoms with Crippen LogP contribution in [0.5, 0.6) is 5.75 Å². The lowest BCUT2D eigenvalue weighted by atomic mass is 9.82. The number of nitrogens with one attached hydrogen (secondary N) is 1. The fraction of sp³-hybridized carbons (Fsp3) is 0.588. The molecular weight excluding hydrogens is 314 g/mol. The molecule has 0 saturated heterocycles. The average Bonchev–Trinajstić information content (AvgIpc) is 2.47. The monoisotopic (exact) mass is 339 g/mol. The van der Waals surface area contributed by atoms with Gasteiger partial charge in [0.1, 0.15) is 5.75 Å². The Labute approximate surface area is 140 Å². The van der Waals surface area contributed by atoms with E-state index >= 15 is 0 Å². The number of rotatable bonds is 5. The molecule has 2 atom stereocenters. The van der Waals surface area contributed by atoms with Crippen molar-refractivity contribution in [2.75, 3.05) is 13.2 Å². The van der Waals surface area contributed by atoms with Crippen LogP contribution in [0.1, 0.15) is 46.1 Å². The van der Waals surface area contributed by atoms with Crippen LogP contribution in [0.15, 0.2) is 24.3 Å². The second kappa shape index (κ2) is 7.01. The molecule has 0 aliphatic carbocycles. The minimum Gasteiger partial charge on any atom is -0.493 e. The summed E-state index contributed by atoms with van der Waals surface area (Å²) in [7, 11) is -1.32. The third-order valence-electron chi connectivity index (χ3n) is 3.78. The van der Waals surface area contributed by atoms with Gasteiger partial charge in [-0.1, -0.05) is 18.2 Å². The molecule has 2 rings (SSSR count). The molecule has 0 radical (unpaired) electrons. The summed E-state index contributed by atoms with van der Waals surface area (Å²) in [6, 6.07) is 7.58. The van der Waals surface area contributed by atoms with Crippen LogP contribution in [-0.2, 0) is 26.1 Å².